The molecule has 0 aromatic carbocycles. The normalized spacial score (nSPS) is 25.4. The van der Waals surface area contributed by atoms with Crippen LogP contribution in [0.25, 0.3) is 0 Å². The van der Waals surface area contributed by atoms with Crippen molar-refractivity contribution in [2.45, 2.75) is 39.4 Å². The largest absolute Gasteiger partial charge is 0.469 e. The van der Waals surface area contributed by atoms with E-state index in [1.165, 1.54) is 7.11 Å². The molecular formula is C11H22O5. The molecule has 96 valence electrons. The van der Waals surface area contributed by atoms with Gasteiger partial charge in [0.2, 0.25) is 0 Å². The second-order valence-electron chi connectivity index (χ2n) is 4.82. The van der Waals surface area contributed by atoms with E-state index in [2.05, 4.69) is 4.74 Å². The van der Waals surface area contributed by atoms with Crippen molar-refractivity contribution in [3.8, 4) is 0 Å². The predicted octanol–water partition coefficient (Wildman–Crippen LogP) is 0.334. The van der Waals surface area contributed by atoms with Crippen LogP contribution in [0.2, 0.25) is 0 Å². The number of carbonyl (C=O) groups excluding carboxylic acids is 1. The summed E-state index contributed by atoms with van der Waals surface area (Å²) in [6.07, 6.45) is -0.461. The maximum Gasteiger partial charge on any atom is 0.310 e. The summed E-state index contributed by atoms with van der Waals surface area (Å²) in [5, 5.41) is 17.6. The molecule has 0 bridgehead atoms. The Kier molecular flexibility index (Phi) is 6.55. The van der Waals surface area contributed by atoms with Crippen LogP contribution >= 0.6 is 0 Å². The van der Waals surface area contributed by atoms with Gasteiger partial charge < -0.3 is 19.7 Å². The Labute approximate surface area is 96.4 Å². The van der Waals surface area contributed by atoms with Crippen molar-refractivity contribution < 1.29 is 24.5 Å². The number of esters is 1. The Morgan fingerprint density at radius 3 is 1.81 bits per heavy atom. The maximum atomic E-state index is 10.6. The van der Waals surface area contributed by atoms with Gasteiger partial charge in [-0.25, -0.2) is 0 Å². The quantitative estimate of drug-likeness (QED) is 0.591. The second kappa shape index (κ2) is 6.83. The number of ether oxygens (including phenoxy) is 2. The molecule has 0 radical (unpaired) electrons. The van der Waals surface area contributed by atoms with Gasteiger partial charge in [0.25, 0.3) is 0 Å². The molecule has 0 aromatic rings. The van der Waals surface area contributed by atoms with Gasteiger partial charge in [0.15, 0.2) is 0 Å². The first-order chi connectivity index (χ1) is 7.27. The lowest BCUT2D eigenvalue weighted by Gasteiger charge is -2.21. The summed E-state index contributed by atoms with van der Waals surface area (Å²) in [6, 6.07) is 0. The standard InChI is InChI=1S/C6H12O2.C5H10O3/c1-6(2,3)5(7)8-4;6-4-1-5(7)3-8-2-4/h1-4H3;4-7H,1-3H2. The molecule has 1 saturated heterocycles. The number of aliphatic hydroxyl groups excluding tert-OH is 2. The Bertz CT molecular complexity index is 201. The van der Waals surface area contributed by atoms with Crippen molar-refractivity contribution in [1.29, 1.82) is 0 Å². The van der Waals surface area contributed by atoms with Crippen LogP contribution in [0.4, 0.5) is 0 Å². The van der Waals surface area contributed by atoms with E-state index >= 15 is 0 Å². The van der Waals surface area contributed by atoms with Crippen molar-refractivity contribution in [3.63, 3.8) is 0 Å². The van der Waals surface area contributed by atoms with Gasteiger partial charge in [0.1, 0.15) is 0 Å². The number of aliphatic hydroxyl groups is 2. The fraction of sp³-hybridized carbons (Fsp3) is 0.909. The summed E-state index contributed by atoms with van der Waals surface area (Å²) in [6.45, 7) is 6.20. The van der Waals surface area contributed by atoms with Crippen LogP contribution in [-0.4, -0.2) is 48.7 Å². The van der Waals surface area contributed by atoms with Crippen LogP contribution in [0.15, 0.2) is 0 Å². The van der Waals surface area contributed by atoms with Gasteiger partial charge in [-0.1, -0.05) is 0 Å². The SMILES string of the molecule is COC(=O)C(C)(C)C.OC1COCC(O)C1. The number of methoxy groups -OCH3 is 1. The van der Waals surface area contributed by atoms with Crippen LogP contribution in [0.1, 0.15) is 27.2 Å². The highest BCUT2D eigenvalue weighted by Gasteiger charge is 2.21. The van der Waals surface area contributed by atoms with E-state index in [0.717, 1.165) is 0 Å². The average Bonchev–Trinajstić information content (AvgIpc) is 2.15. The van der Waals surface area contributed by atoms with Gasteiger partial charge >= 0.3 is 5.97 Å². The van der Waals surface area contributed by atoms with Crippen LogP contribution in [0, 0.1) is 5.41 Å². The summed E-state index contributed by atoms with van der Waals surface area (Å²) >= 11 is 0. The lowest BCUT2D eigenvalue weighted by Crippen LogP contribution is -2.32. The third-order valence-electron chi connectivity index (χ3n) is 1.96. The molecule has 5 heteroatoms. The molecule has 0 amide bonds. The first-order valence-corrected chi connectivity index (χ1v) is 5.29. The lowest BCUT2D eigenvalue weighted by molar-refractivity contribution is -0.149. The van der Waals surface area contributed by atoms with Crippen LogP contribution in [0.5, 0.6) is 0 Å². The molecule has 1 rings (SSSR count). The van der Waals surface area contributed by atoms with Gasteiger partial charge in [0.05, 0.1) is 37.9 Å². The van der Waals surface area contributed by atoms with Crippen LogP contribution in [0.3, 0.4) is 0 Å². The fourth-order valence-electron chi connectivity index (χ4n) is 1.10. The number of hydrogen-bond donors (Lipinski definition) is 2. The van der Waals surface area contributed by atoms with E-state index in [9.17, 15) is 4.79 Å². The lowest BCUT2D eigenvalue weighted by atomic mass is 9.98. The molecule has 2 N–H and O–H groups in total. The minimum absolute atomic E-state index is 0.169. The fourth-order valence-corrected chi connectivity index (χ4v) is 1.10. The van der Waals surface area contributed by atoms with E-state index in [1.807, 2.05) is 20.8 Å². The van der Waals surface area contributed by atoms with Crippen molar-refractivity contribution in [3.05, 3.63) is 0 Å². The van der Waals surface area contributed by atoms with Crippen molar-refractivity contribution >= 4 is 5.97 Å². The Balaban J connectivity index is 0.000000281. The maximum absolute atomic E-state index is 10.6. The summed E-state index contributed by atoms with van der Waals surface area (Å²) in [5.41, 5.74) is -0.352. The van der Waals surface area contributed by atoms with Gasteiger partial charge in [-0.05, 0) is 20.8 Å². The molecule has 1 fully saturated rings. The van der Waals surface area contributed by atoms with Gasteiger partial charge in [-0.15, -0.1) is 0 Å². The molecule has 16 heavy (non-hydrogen) atoms. The number of hydrogen-bond acceptors (Lipinski definition) is 5. The molecule has 0 aliphatic carbocycles. The minimum atomic E-state index is -0.459. The summed E-state index contributed by atoms with van der Waals surface area (Å²) in [5.74, 6) is -0.169. The molecule has 0 aromatic heterocycles. The molecule has 5 nitrogen and oxygen atoms in total. The summed E-state index contributed by atoms with van der Waals surface area (Å²) < 4.78 is 9.27. The highest BCUT2D eigenvalue weighted by Crippen LogP contribution is 2.13. The highest BCUT2D eigenvalue weighted by atomic mass is 16.5. The van der Waals surface area contributed by atoms with Crippen molar-refractivity contribution in [2.24, 2.45) is 5.41 Å². The molecule has 0 saturated carbocycles. The molecule has 2 atom stereocenters. The first kappa shape index (κ1) is 15.3. The first-order valence-electron chi connectivity index (χ1n) is 5.29. The van der Waals surface area contributed by atoms with E-state index < -0.39 is 12.2 Å². The van der Waals surface area contributed by atoms with Crippen molar-refractivity contribution in [2.75, 3.05) is 20.3 Å². The molecular weight excluding hydrogens is 212 g/mol. The van der Waals surface area contributed by atoms with Gasteiger partial charge in [-0.2, -0.15) is 0 Å². The zero-order valence-electron chi connectivity index (χ0n) is 10.4. The number of rotatable bonds is 0. The van der Waals surface area contributed by atoms with E-state index in [4.69, 9.17) is 14.9 Å². The summed E-state index contributed by atoms with van der Waals surface area (Å²) in [7, 11) is 1.40. The van der Waals surface area contributed by atoms with Gasteiger partial charge in [-0.3, -0.25) is 4.79 Å². The van der Waals surface area contributed by atoms with Crippen molar-refractivity contribution in [1.82, 2.24) is 0 Å². The third kappa shape index (κ3) is 6.76. The highest BCUT2D eigenvalue weighted by molar-refractivity contribution is 5.75. The summed E-state index contributed by atoms with van der Waals surface area (Å²) in [4.78, 5) is 10.6. The van der Waals surface area contributed by atoms with Gasteiger partial charge in [0, 0.05) is 6.42 Å². The Hall–Kier alpha value is -0.650. The van der Waals surface area contributed by atoms with Crippen LogP contribution in [-0.2, 0) is 14.3 Å². The zero-order chi connectivity index (χ0) is 12.8. The smallest absolute Gasteiger partial charge is 0.310 e. The van der Waals surface area contributed by atoms with E-state index in [-0.39, 0.29) is 11.4 Å². The Morgan fingerprint density at radius 1 is 1.25 bits per heavy atom. The molecule has 0 spiro atoms. The molecule has 1 aliphatic heterocycles. The molecule has 1 heterocycles. The molecule has 1 aliphatic rings. The van der Waals surface area contributed by atoms with Crippen LogP contribution < -0.4 is 0 Å². The minimum Gasteiger partial charge on any atom is -0.469 e. The topological polar surface area (TPSA) is 76.0 Å². The zero-order valence-corrected chi connectivity index (χ0v) is 10.4. The Morgan fingerprint density at radius 2 is 1.69 bits per heavy atom. The second-order valence-corrected chi connectivity index (χ2v) is 4.82. The average molecular weight is 234 g/mol. The third-order valence-corrected chi connectivity index (χ3v) is 1.96. The number of carbonyl (C=O) groups is 1. The monoisotopic (exact) mass is 234 g/mol. The van der Waals surface area contributed by atoms with E-state index in [1.54, 1.807) is 0 Å². The van der Waals surface area contributed by atoms with E-state index in [0.29, 0.717) is 19.6 Å². The predicted molar refractivity (Wildman–Crippen MR) is 58.9 cm³/mol. The molecule has 2 unspecified atom stereocenters.